The van der Waals surface area contributed by atoms with Crippen molar-refractivity contribution >= 4 is 5.91 Å². The molecule has 1 N–H and O–H groups in total. The maximum absolute atomic E-state index is 12.5. The molecule has 1 amide bonds. The Balaban J connectivity index is 1.83. The van der Waals surface area contributed by atoms with Gasteiger partial charge in [0.15, 0.2) is 0 Å². The van der Waals surface area contributed by atoms with Crippen molar-refractivity contribution in [2.75, 3.05) is 6.54 Å². The number of aromatic amines is 1. The largest absolute Gasteiger partial charge is 0.348 e. The second-order valence-electron chi connectivity index (χ2n) is 5.55. The quantitative estimate of drug-likeness (QED) is 0.849. The number of carbonyl (C=O) groups is 1. The van der Waals surface area contributed by atoms with E-state index in [0.29, 0.717) is 12.1 Å². The van der Waals surface area contributed by atoms with E-state index in [2.05, 4.69) is 9.55 Å². The monoisotopic (exact) mass is 302 g/mol. The van der Waals surface area contributed by atoms with Gasteiger partial charge in [-0.3, -0.25) is 14.2 Å². The molecule has 0 saturated heterocycles. The lowest BCUT2D eigenvalue weighted by molar-refractivity contribution is -0.133. The molecule has 1 atom stereocenters. The van der Waals surface area contributed by atoms with Gasteiger partial charge in [0, 0.05) is 43.8 Å². The van der Waals surface area contributed by atoms with E-state index in [1.165, 1.54) is 13.2 Å². The Kier molecular flexibility index (Phi) is 3.48. The zero-order valence-electron chi connectivity index (χ0n) is 12.6. The van der Waals surface area contributed by atoms with E-state index in [9.17, 15) is 14.4 Å². The average Bonchev–Trinajstić information content (AvgIpc) is 2.97. The molecule has 1 unspecified atom stereocenters. The van der Waals surface area contributed by atoms with Crippen molar-refractivity contribution < 1.29 is 4.79 Å². The van der Waals surface area contributed by atoms with Gasteiger partial charge in [0.1, 0.15) is 0 Å². The van der Waals surface area contributed by atoms with E-state index in [1.807, 2.05) is 25.3 Å². The van der Waals surface area contributed by atoms with E-state index in [4.69, 9.17) is 0 Å². The van der Waals surface area contributed by atoms with Crippen LogP contribution < -0.4 is 11.2 Å². The van der Waals surface area contributed by atoms with Gasteiger partial charge in [0.05, 0.1) is 12.5 Å². The van der Waals surface area contributed by atoms with Gasteiger partial charge < -0.3 is 14.5 Å². The minimum Gasteiger partial charge on any atom is -0.348 e. The molecule has 0 radical (unpaired) electrons. The lowest BCUT2D eigenvalue weighted by Gasteiger charge is -2.35. The summed E-state index contributed by atoms with van der Waals surface area (Å²) in [4.78, 5) is 40.1. The van der Waals surface area contributed by atoms with Gasteiger partial charge in [-0.15, -0.1) is 0 Å². The number of hydrogen-bond acceptors (Lipinski definition) is 3. The van der Waals surface area contributed by atoms with Crippen LogP contribution in [0.4, 0.5) is 0 Å². The van der Waals surface area contributed by atoms with Crippen molar-refractivity contribution in [1.82, 2.24) is 19.0 Å². The van der Waals surface area contributed by atoms with Gasteiger partial charge in [0.25, 0.3) is 5.56 Å². The Bertz CT molecular complexity index is 830. The standard InChI is InChI=1S/C15H18N4O3/c1-10-12-4-3-5-18(12)6-7-19(10)13(20)8-11-9-16-15(22)17(2)14(11)21/h3-5,9-10H,6-8H2,1-2H3,(H,16,22). The fraction of sp³-hybridized carbons (Fsp3) is 0.400. The predicted octanol–water partition coefficient (Wildman–Crippen LogP) is 0.0210. The number of fused-ring (bicyclic) bond motifs is 1. The number of nitrogens with one attached hydrogen (secondary N) is 1. The summed E-state index contributed by atoms with van der Waals surface area (Å²) in [5.74, 6) is -0.107. The first kappa shape index (κ1) is 14.4. The summed E-state index contributed by atoms with van der Waals surface area (Å²) in [6, 6.07) is 3.95. The Hall–Kier alpha value is -2.57. The molecule has 7 heteroatoms. The Morgan fingerprint density at radius 3 is 2.91 bits per heavy atom. The zero-order valence-corrected chi connectivity index (χ0v) is 12.6. The van der Waals surface area contributed by atoms with E-state index in [-0.39, 0.29) is 18.4 Å². The molecule has 2 aromatic rings. The number of aromatic nitrogens is 3. The molecule has 2 aromatic heterocycles. The maximum atomic E-state index is 12.5. The molecule has 116 valence electrons. The Morgan fingerprint density at radius 1 is 1.36 bits per heavy atom. The highest BCUT2D eigenvalue weighted by Gasteiger charge is 2.27. The minimum absolute atomic E-state index is 0.00545. The second kappa shape index (κ2) is 5.32. The van der Waals surface area contributed by atoms with Crippen LogP contribution in [0.25, 0.3) is 0 Å². The van der Waals surface area contributed by atoms with Crippen LogP contribution in [0.3, 0.4) is 0 Å². The summed E-state index contributed by atoms with van der Waals surface area (Å²) in [5, 5.41) is 0. The normalized spacial score (nSPS) is 17.4. The van der Waals surface area contributed by atoms with Crippen molar-refractivity contribution in [3.8, 4) is 0 Å². The van der Waals surface area contributed by atoms with Gasteiger partial charge >= 0.3 is 5.69 Å². The van der Waals surface area contributed by atoms with Crippen LogP contribution in [0, 0.1) is 0 Å². The third kappa shape index (κ3) is 2.28. The molecule has 7 nitrogen and oxygen atoms in total. The third-order valence-corrected chi connectivity index (χ3v) is 4.26. The first-order chi connectivity index (χ1) is 10.5. The topological polar surface area (TPSA) is 80.1 Å². The number of rotatable bonds is 2. The Morgan fingerprint density at radius 2 is 2.14 bits per heavy atom. The molecular weight excluding hydrogens is 284 g/mol. The van der Waals surface area contributed by atoms with Crippen molar-refractivity contribution in [2.24, 2.45) is 7.05 Å². The molecule has 0 bridgehead atoms. The molecule has 1 aliphatic heterocycles. The fourth-order valence-electron chi connectivity index (χ4n) is 2.93. The molecule has 3 rings (SSSR count). The minimum atomic E-state index is -0.481. The number of H-pyrrole nitrogens is 1. The van der Waals surface area contributed by atoms with Gasteiger partial charge in [-0.05, 0) is 19.1 Å². The average molecular weight is 302 g/mol. The van der Waals surface area contributed by atoms with Crippen molar-refractivity contribution in [3.05, 3.63) is 56.6 Å². The zero-order chi connectivity index (χ0) is 15.9. The number of carbonyl (C=O) groups excluding carboxylic acids is 1. The van der Waals surface area contributed by atoms with Crippen molar-refractivity contribution in [3.63, 3.8) is 0 Å². The molecule has 0 spiro atoms. The lowest BCUT2D eigenvalue weighted by Crippen LogP contribution is -2.43. The molecule has 1 aliphatic rings. The van der Waals surface area contributed by atoms with Crippen LogP contribution >= 0.6 is 0 Å². The van der Waals surface area contributed by atoms with Gasteiger partial charge in [-0.1, -0.05) is 0 Å². The summed E-state index contributed by atoms with van der Waals surface area (Å²) < 4.78 is 3.11. The predicted molar refractivity (Wildman–Crippen MR) is 80.6 cm³/mol. The number of hydrogen-bond donors (Lipinski definition) is 1. The van der Waals surface area contributed by atoms with Gasteiger partial charge in [-0.25, -0.2) is 4.79 Å². The highest BCUT2D eigenvalue weighted by atomic mass is 16.2. The molecule has 22 heavy (non-hydrogen) atoms. The van der Waals surface area contributed by atoms with Crippen molar-refractivity contribution in [1.29, 1.82) is 0 Å². The summed E-state index contributed by atoms with van der Waals surface area (Å²) in [6.45, 7) is 3.35. The summed E-state index contributed by atoms with van der Waals surface area (Å²) in [7, 11) is 1.39. The van der Waals surface area contributed by atoms with E-state index in [0.717, 1.165) is 16.8 Å². The highest BCUT2D eigenvalue weighted by molar-refractivity contribution is 5.79. The lowest BCUT2D eigenvalue weighted by atomic mass is 10.1. The first-order valence-electron chi connectivity index (χ1n) is 7.21. The van der Waals surface area contributed by atoms with Crippen molar-refractivity contribution in [2.45, 2.75) is 25.9 Å². The summed E-state index contributed by atoms with van der Waals surface area (Å²) in [5.41, 5.74) is 0.490. The molecule has 0 aliphatic carbocycles. The van der Waals surface area contributed by atoms with Crippen LogP contribution in [-0.2, 0) is 24.8 Å². The van der Waals surface area contributed by atoms with E-state index in [1.54, 1.807) is 4.90 Å². The maximum Gasteiger partial charge on any atom is 0.328 e. The van der Waals surface area contributed by atoms with Crippen LogP contribution in [-0.4, -0.2) is 31.5 Å². The van der Waals surface area contributed by atoms with Gasteiger partial charge in [-0.2, -0.15) is 0 Å². The molecule has 0 aromatic carbocycles. The van der Waals surface area contributed by atoms with Crippen LogP contribution in [0.1, 0.15) is 24.2 Å². The number of amides is 1. The van der Waals surface area contributed by atoms with E-state index < -0.39 is 11.2 Å². The second-order valence-corrected chi connectivity index (χ2v) is 5.55. The van der Waals surface area contributed by atoms with Crippen LogP contribution in [0.15, 0.2) is 34.1 Å². The van der Waals surface area contributed by atoms with Crippen LogP contribution in [0.2, 0.25) is 0 Å². The summed E-state index contributed by atoms with van der Waals surface area (Å²) in [6.07, 6.45) is 3.33. The third-order valence-electron chi connectivity index (χ3n) is 4.26. The number of nitrogens with zero attached hydrogens (tertiary/aromatic N) is 3. The summed E-state index contributed by atoms with van der Waals surface area (Å²) >= 11 is 0. The molecule has 0 fully saturated rings. The molecular formula is C15H18N4O3. The molecule has 0 saturated carbocycles. The van der Waals surface area contributed by atoms with Crippen LogP contribution in [0.5, 0.6) is 0 Å². The smallest absolute Gasteiger partial charge is 0.328 e. The van der Waals surface area contributed by atoms with E-state index >= 15 is 0 Å². The first-order valence-corrected chi connectivity index (χ1v) is 7.21. The SMILES string of the molecule is CC1c2cccn2CCN1C(=O)Cc1c[nH]c(=O)n(C)c1=O. The fourth-order valence-corrected chi connectivity index (χ4v) is 2.93. The van der Waals surface area contributed by atoms with Gasteiger partial charge in [0.2, 0.25) is 5.91 Å². The Labute approximate surface area is 126 Å². The highest BCUT2D eigenvalue weighted by Crippen LogP contribution is 2.25. The molecule has 3 heterocycles.